The Morgan fingerprint density at radius 2 is 2.00 bits per heavy atom. The summed E-state index contributed by atoms with van der Waals surface area (Å²) in [5, 5.41) is 0. The van der Waals surface area contributed by atoms with Crippen molar-refractivity contribution in [1.82, 2.24) is 0 Å². The summed E-state index contributed by atoms with van der Waals surface area (Å²) in [5.41, 5.74) is 10.2. The molecule has 0 aliphatic heterocycles. The predicted octanol–water partition coefficient (Wildman–Crippen LogP) is 3.49. The standard InChI is InChI=1S/C13H21N/c1-4-5-9-13(14)12-8-6-7-10(2)11(12)3/h6-8,13H,4-5,9,14H2,1-3H3. The summed E-state index contributed by atoms with van der Waals surface area (Å²) in [4.78, 5) is 0. The second-order valence-corrected chi connectivity index (χ2v) is 4.04. The Morgan fingerprint density at radius 1 is 1.29 bits per heavy atom. The second-order valence-electron chi connectivity index (χ2n) is 4.04. The van der Waals surface area contributed by atoms with Crippen molar-refractivity contribution in [3.8, 4) is 0 Å². The van der Waals surface area contributed by atoms with Gasteiger partial charge in [-0.15, -0.1) is 0 Å². The van der Waals surface area contributed by atoms with E-state index < -0.39 is 0 Å². The Kier molecular flexibility index (Phi) is 4.15. The zero-order chi connectivity index (χ0) is 10.6. The first-order valence-corrected chi connectivity index (χ1v) is 5.48. The summed E-state index contributed by atoms with van der Waals surface area (Å²) in [6, 6.07) is 6.62. The van der Waals surface area contributed by atoms with Crippen molar-refractivity contribution in [1.29, 1.82) is 0 Å². The third-order valence-electron chi connectivity index (χ3n) is 2.91. The molecule has 0 amide bonds. The Bertz CT molecular complexity index is 291. The van der Waals surface area contributed by atoms with Crippen molar-refractivity contribution < 1.29 is 0 Å². The minimum absolute atomic E-state index is 0.217. The number of hydrogen-bond acceptors (Lipinski definition) is 1. The highest BCUT2D eigenvalue weighted by molar-refractivity contribution is 5.35. The van der Waals surface area contributed by atoms with E-state index in [2.05, 4.69) is 39.0 Å². The zero-order valence-corrected chi connectivity index (χ0v) is 9.51. The topological polar surface area (TPSA) is 26.0 Å². The van der Waals surface area contributed by atoms with Crippen molar-refractivity contribution in [3.63, 3.8) is 0 Å². The van der Waals surface area contributed by atoms with E-state index in [1.807, 2.05) is 0 Å². The molecule has 1 aromatic rings. The maximum atomic E-state index is 6.15. The number of rotatable bonds is 4. The molecular formula is C13H21N. The maximum absolute atomic E-state index is 6.15. The van der Waals surface area contributed by atoms with Crippen LogP contribution in [0.4, 0.5) is 0 Å². The van der Waals surface area contributed by atoms with Crippen LogP contribution in [0.5, 0.6) is 0 Å². The summed E-state index contributed by atoms with van der Waals surface area (Å²) >= 11 is 0. The molecule has 2 N–H and O–H groups in total. The average molecular weight is 191 g/mol. The van der Waals surface area contributed by atoms with Crippen LogP contribution in [0.15, 0.2) is 18.2 Å². The van der Waals surface area contributed by atoms with E-state index in [4.69, 9.17) is 5.73 Å². The summed E-state index contributed by atoms with van der Waals surface area (Å²) in [7, 11) is 0. The van der Waals surface area contributed by atoms with E-state index in [1.165, 1.54) is 29.5 Å². The van der Waals surface area contributed by atoms with Crippen molar-refractivity contribution in [2.75, 3.05) is 0 Å². The third-order valence-corrected chi connectivity index (χ3v) is 2.91. The molecule has 0 saturated carbocycles. The molecular weight excluding hydrogens is 170 g/mol. The molecule has 0 aliphatic rings. The molecule has 1 atom stereocenters. The first kappa shape index (κ1) is 11.3. The summed E-state index contributed by atoms with van der Waals surface area (Å²) in [5.74, 6) is 0. The van der Waals surface area contributed by atoms with Gasteiger partial charge >= 0.3 is 0 Å². The van der Waals surface area contributed by atoms with E-state index in [-0.39, 0.29) is 6.04 Å². The number of unbranched alkanes of at least 4 members (excludes halogenated alkanes) is 1. The van der Waals surface area contributed by atoms with Gasteiger partial charge in [0.1, 0.15) is 0 Å². The number of hydrogen-bond donors (Lipinski definition) is 1. The first-order valence-electron chi connectivity index (χ1n) is 5.48. The van der Waals surface area contributed by atoms with Crippen LogP contribution in [0.2, 0.25) is 0 Å². The van der Waals surface area contributed by atoms with Gasteiger partial charge in [0.15, 0.2) is 0 Å². The van der Waals surface area contributed by atoms with Gasteiger partial charge in [-0.25, -0.2) is 0 Å². The lowest BCUT2D eigenvalue weighted by Crippen LogP contribution is -2.12. The van der Waals surface area contributed by atoms with E-state index >= 15 is 0 Å². The highest BCUT2D eigenvalue weighted by Crippen LogP contribution is 2.22. The van der Waals surface area contributed by atoms with Crippen molar-refractivity contribution in [3.05, 3.63) is 34.9 Å². The largest absolute Gasteiger partial charge is 0.324 e. The lowest BCUT2D eigenvalue weighted by molar-refractivity contribution is 0.600. The smallest absolute Gasteiger partial charge is 0.0297 e. The van der Waals surface area contributed by atoms with Gasteiger partial charge in [0.2, 0.25) is 0 Å². The molecule has 0 radical (unpaired) electrons. The average Bonchev–Trinajstić information content (AvgIpc) is 2.18. The molecule has 0 fully saturated rings. The van der Waals surface area contributed by atoms with Gasteiger partial charge in [0, 0.05) is 6.04 Å². The van der Waals surface area contributed by atoms with Gasteiger partial charge in [0.05, 0.1) is 0 Å². The molecule has 1 nitrogen and oxygen atoms in total. The molecule has 1 heteroatoms. The fraction of sp³-hybridized carbons (Fsp3) is 0.538. The van der Waals surface area contributed by atoms with Crippen molar-refractivity contribution >= 4 is 0 Å². The van der Waals surface area contributed by atoms with Crippen LogP contribution in [0.25, 0.3) is 0 Å². The molecule has 0 heterocycles. The zero-order valence-electron chi connectivity index (χ0n) is 9.51. The molecule has 14 heavy (non-hydrogen) atoms. The Hall–Kier alpha value is -0.820. The van der Waals surface area contributed by atoms with Crippen LogP contribution in [0, 0.1) is 13.8 Å². The summed E-state index contributed by atoms with van der Waals surface area (Å²) < 4.78 is 0. The molecule has 0 bridgehead atoms. The summed E-state index contributed by atoms with van der Waals surface area (Å²) in [6.45, 7) is 6.51. The van der Waals surface area contributed by atoms with E-state index in [1.54, 1.807) is 0 Å². The molecule has 0 spiro atoms. The number of benzene rings is 1. The number of aryl methyl sites for hydroxylation is 1. The van der Waals surface area contributed by atoms with Crippen molar-refractivity contribution in [2.24, 2.45) is 5.73 Å². The van der Waals surface area contributed by atoms with Gasteiger partial charge in [-0.2, -0.15) is 0 Å². The van der Waals surface area contributed by atoms with Crippen LogP contribution >= 0.6 is 0 Å². The van der Waals surface area contributed by atoms with E-state index in [0.29, 0.717) is 0 Å². The van der Waals surface area contributed by atoms with Crippen LogP contribution in [0.3, 0.4) is 0 Å². The quantitative estimate of drug-likeness (QED) is 0.774. The van der Waals surface area contributed by atoms with E-state index in [0.717, 1.165) is 6.42 Å². The Balaban J connectivity index is 2.79. The van der Waals surface area contributed by atoms with Crippen LogP contribution in [-0.2, 0) is 0 Å². The van der Waals surface area contributed by atoms with Gasteiger partial charge in [-0.05, 0) is 37.0 Å². The van der Waals surface area contributed by atoms with Gasteiger partial charge < -0.3 is 5.73 Å². The van der Waals surface area contributed by atoms with Crippen LogP contribution in [-0.4, -0.2) is 0 Å². The fourth-order valence-electron chi connectivity index (χ4n) is 1.76. The van der Waals surface area contributed by atoms with Crippen LogP contribution in [0.1, 0.15) is 48.9 Å². The fourth-order valence-corrected chi connectivity index (χ4v) is 1.76. The molecule has 1 rings (SSSR count). The Morgan fingerprint density at radius 3 is 2.64 bits per heavy atom. The van der Waals surface area contributed by atoms with Crippen LogP contribution < -0.4 is 5.73 Å². The predicted molar refractivity (Wildman–Crippen MR) is 62.4 cm³/mol. The Labute approximate surface area is 87.3 Å². The second kappa shape index (κ2) is 5.16. The van der Waals surface area contributed by atoms with E-state index in [9.17, 15) is 0 Å². The first-order chi connectivity index (χ1) is 6.66. The third kappa shape index (κ3) is 2.58. The summed E-state index contributed by atoms with van der Waals surface area (Å²) in [6.07, 6.45) is 3.54. The monoisotopic (exact) mass is 191 g/mol. The minimum atomic E-state index is 0.217. The number of nitrogens with two attached hydrogens (primary N) is 1. The molecule has 1 unspecified atom stereocenters. The lowest BCUT2D eigenvalue weighted by atomic mass is 9.95. The molecule has 1 aromatic carbocycles. The highest BCUT2D eigenvalue weighted by Gasteiger charge is 2.08. The van der Waals surface area contributed by atoms with Gasteiger partial charge in [-0.1, -0.05) is 38.0 Å². The normalized spacial score (nSPS) is 12.9. The molecule has 0 saturated heterocycles. The minimum Gasteiger partial charge on any atom is -0.324 e. The maximum Gasteiger partial charge on any atom is 0.0297 e. The van der Waals surface area contributed by atoms with Crippen molar-refractivity contribution in [2.45, 2.75) is 46.1 Å². The molecule has 78 valence electrons. The SMILES string of the molecule is CCCCC(N)c1cccc(C)c1C. The molecule has 0 aliphatic carbocycles. The molecule has 0 aromatic heterocycles. The lowest BCUT2D eigenvalue weighted by Gasteiger charge is -2.15. The highest BCUT2D eigenvalue weighted by atomic mass is 14.6. The van der Waals surface area contributed by atoms with Gasteiger partial charge in [-0.3, -0.25) is 0 Å². The van der Waals surface area contributed by atoms with Gasteiger partial charge in [0.25, 0.3) is 0 Å².